The maximum atomic E-state index is 6.08. The number of halogens is 1. The SMILES string of the molecule is Clc1nc(Nc2ccc3c(c2)OCCO3)nc(Nc2ccc3c(c2)OCCO3)n1. The minimum Gasteiger partial charge on any atom is -0.486 e. The Morgan fingerprint density at radius 2 is 1.07 bits per heavy atom. The van der Waals surface area contributed by atoms with Crippen molar-refractivity contribution in [3.05, 3.63) is 41.7 Å². The topological polar surface area (TPSA) is 99.7 Å². The molecular weight excluding hydrogens is 398 g/mol. The number of rotatable bonds is 4. The number of anilines is 4. The van der Waals surface area contributed by atoms with Crippen LogP contribution in [0.15, 0.2) is 36.4 Å². The summed E-state index contributed by atoms with van der Waals surface area (Å²) in [7, 11) is 0. The van der Waals surface area contributed by atoms with Crippen molar-refractivity contribution in [3.8, 4) is 23.0 Å². The van der Waals surface area contributed by atoms with Crippen LogP contribution in [0.1, 0.15) is 0 Å². The summed E-state index contributed by atoms with van der Waals surface area (Å²) in [5.41, 5.74) is 1.48. The zero-order chi connectivity index (χ0) is 19.6. The second-order valence-corrected chi connectivity index (χ2v) is 6.56. The molecule has 0 saturated carbocycles. The van der Waals surface area contributed by atoms with Gasteiger partial charge >= 0.3 is 0 Å². The minimum absolute atomic E-state index is 0.0556. The second kappa shape index (κ2) is 7.51. The highest BCUT2D eigenvalue weighted by Gasteiger charge is 2.14. The molecule has 2 aliphatic rings. The molecule has 148 valence electrons. The average molecular weight is 414 g/mol. The molecule has 5 rings (SSSR count). The second-order valence-electron chi connectivity index (χ2n) is 6.22. The Balaban J connectivity index is 1.36. The van der Waals surface area contributed by atoms with E-state index in [1.54, 1.807) is 0 Å². The summed E-state index contributed by atoms with van der Waals surface area (Å²) >= 11 is 6.08. The molecule has 0 radical (unpaired) electrons. The molecule has 0 aliphatic carbocycles. The van der Waals surface area contributed by atoms with Crippen LogP contribution in [0.2, 0.25) is 5.28 Å². The molecule has 0 amide bonds. The van der Waals surface area contributed by atoms with Crippen LogP contribution in [0.3, 0.4) is 0 Å². The van der Waals surface area contributed by atoms with E-state index >= 15 is 0 Å². The van der Waals surface area contributed by atoms with Crippen molar-refractivity contribution >= 4 is 34.9 Å². The van der Waals surface area contributed by atoms with Crippen LogP contribution in [0.5, 0.6) is 23.0 Å². The van der Waals surface area contributed by atoms with E-state index < -0.39 is 0 Å². The van der Waals surface area contributed by atoms with Crippen LogP contribution in [0.4, 0.5) is 23.3 Å². The molecule has 2 aliphatic heterocycles. The fraction of sp³-hybridized carbons (Fsp3) is 0.211. The summed E-state index contributed by atoms with van der Waals surface area (Å²) in [4.78, 5) is 12.6. The Bertz CT molecular complexity index is 985. The average Bonchev–Trinajstić information content (AvgIpc) is 2.73. The summed E-state index contributed by atoms with van der Waals surface area (Å²) in [5.74, 6) is 3.32. The lowest BCUT2D eigenvalue weighted by Crippen LogP contribution is -2.15. The number of ether oxygens (including phenoxy) is 4. The maximum absolute atomic E-state index is 6.08. The van der Waals surface area contributed by atoms with Crippen molar-refractivity contribution in [1.82, 2.24) is 15.0 Å². The van der Waals surface area contributed by atoms with E-state index in [0.29, 0.717) is 61.3 Å². The van der Waals surface area contributed by atoms with E-state index in [1.165, 1.54) is 0 Å². The normalized spacial score (nSPS) is 14.2. The molecule has 29 heavy (non-hydrogen) atoms. The molecule has 2 aromatic carbocycles. The van der Waals surface area contributed by atoms with Crippen LogP contribution >= 0.6 is 11.6 Å². The Labute approximate surface area is 171 Å². The van der Waals surface area contributed by atoms with Crippen molar-refractivity contribution in [1.29, 1.82) is 0 Å². The van der Waals surface area contributed by atoms with Crippen LogP contribution in [-0.4, -0.2) is 41.4 Å². The Morgan fingerprint density at radius 3 is 1.55 bits per heavy atom. The molecule has 9 nitrogen and oxygen atoms in total. The summed E-state index contributed by atoms with van der Waals surface area (Å²) in [5, 5.41) is 6.26. The third-order valence-electron chi connectivity index (χ3n) is 4.20. The minimum atomic E-state index is 0.0556. The van der Waals surface area contributed by atoms with Gasteiger partial charge in [0, 0.05) is 23.5 Å². The molecule has 3 aromatic rings. The zero-order valence-electron chi connectivity index (χ0n) is 15.1. The van der Waals surface area contributed by atoms with Crippen molar-refractivity contribution in [2.24, 2.45) is 0 Å². The quantitative estimate of drug-likeness (QED) is 0.664. The Hall–Kier alpha value is -3.46. The first-order chi connectivity index (χ1) is 14.2. The third-order valence-corrected chi connectivity index (χ3v) is 4.37. The van der Waals surface area contributed by atoms with Crippen molar-refractivity contribution in [3.63, 3.8) is 0 Å². The highest BCUT2D eigenvalue weighted by atomic mass is 35.5. The van der Waals surface area contributed by atoms with Crippen LogP contribution in [0, 0.1) is 0 Å². The fourth-order valence-corrected chi connectivity index (χ4v) is 3.12. The summed E-state index contributed by atoms with van der Waals surface area (Å²) in [6, 6.07) is 11.0. The molecule has 0 fully saturated rings. The van der Waals surface area contributed by atoms with Crippen LogP contribution in [-0.2, 0) is 0 Å². The third kappa shape index (κ3) is 3.90. The fourth-order valence-electron chi connectivity index (χ4n) is 2.96. The lowest BCUT2D eigenvalue weighted by Gasteiger charge is -2.19. The van der Waals surface area contributed by atoms with Crippen molar-refractivity contribution < 1.29 is 18.9 Å². The van der Waals surface area contributed by atoms with E-state index in [2.05, 4.69) is 25.6 Å². The number of benzene rings is 2. The van der Waals surface area contributed by atoms with E-state index in [9.17, 15) is 0 Å². The van der Waals surface area contributed by atoms with Gasteiger partial charge in [-0.15, -0.1) is 0 Å². The van der Waals surface area contributed by atoms with Gasteiger partial charge in [-0.05, 0) is 35.9 Å². The number of nitrogens with zero attached hydrogens (tertiary/aromatic N) is 3. The van der Waals surface area contributed by atoms with Gasteiger partial charge in [0.1, 0.15) is 26.4 Å². The smallest absolute Gasteiger partial charge is 0.233 e. The number of hydrogen-bond donors (Lipinski definition) is 2. The summed E-state index contributed by atoms with van der Waals surface area (Å²) in [6.07, 6.45) is 0. The molecule has 3 heterocycles. The molecule has 0 unspecified atom stereocenters. The van der Waals surface area contributed by atoms with Gasteiger partial charge in [0.2, 0.25) is 17.2 Å². The van der Waals surface area contributed by atoms with Gasteiger partial charge in [-0.25, -0.2) is 0 Å². The molecule has 0 saturated heterocycles. The zero-order valence-corrected chi connectivity index (χ0v) is 15.9. The standard InChI is InChI=1S/C19H16ClN5O4/c20-17-23-18(21-11-1-3-13-15(9-11)28-7-5-26-13)25-19(24-17)22-12-2-4-14-16(10-12)29-8-6-27-14/h1-4,9-10H,5-8H2,(H2,21,22,23,24,25). The maximum Gasteiger partial charge on any atom is 0.233 e. The number of hydrogen-bond acceptors (Lipinski definition) is 9. The number of nitrogens with one attached hydrogen (secondary N) is 2. The first-order valence-corrected chi connectivity index (χ1v) is 9.36. The molecule has 0 spiro atoms. The predicted octanol–water partition coefficient (Wildman–Crippen LogP) is 3.55. The molecule has 0 atom stereocenters. The van der Waals surface area contributed by atoms with Crippen LogP contribution < -0.4 is 29.6 Å². The summed E-state index contributed by atoms with van der Waals surface area (Å²) < 4.78 is 22.2. The first kappa shape index (κ1) is 17.6. The number of fused-ring (bicyclic) bond motifs is 2. The van der Waals surface area contributed by atoms with Crippen LogP contribution in [0.25, 0.3) is 0 Å². The molecule has 2 N–H and O–H groups in total. The largest absolute Gasteiger partial charge is 0.486 e. The highest BCUT2D eigenvalue weighted by molar-refractivity contribution is 6.28. The number of aromatic nitrogens is 3. The van der Waals surface area contributed by atoms with Gasteiger partial charge < -0.3 is 29.6 Å². The molecule has 10 heteroatoms. The first-order valence-electron chi connectivity index (χ1n) is 8.98. The van der Waals surface area contributed by atoms with Gasteiger partial charge in [0.25, 0.3) is 0 Å². The van der Waals surface area contributed by atoms with E-state index in [-0.39, 0.29) is 5.28 Å². The lowest BCUT2D eigenvalue weighted by molar-refractivity contribution is 0.171. The molecule has 1 aromatic heterocycles. The van der Waals surface area contributed by atoms with Gasteiger partial charge in [-0.1, -0.05) is 0 Å². The highest BCUT2D eigenvalue weighted by Crippen LogP contribution is 2.34. The van der Waals surface area contributed by atoms with Crippen molar-refractivity contribution in [2.75, 3.05) is 37.1 Å². The van der Waals surface area contributed by atoms with Gasteiger partial charge in [-0.3, -0.25) is 0 Å². The van der Waals surface area contributed by atoms with E-state index in [1.807, 2.05) is 36.4 Å². The Kier molecular flexibility index (Phi) is 4.57. The van der Waals surface area contributed by atoms with Crippen molar-refractivity contribution in [2.45, 2.75) is 0 Å². The van der Waals surface area contributed by atoms with Gasteiger partial charge in [0.15, 0.2) is 23.0 Å². The Morgan fingerprint density at radius 1 is 0.621 bits per heavy atom. The monoisotopic (exact) mass is 413 g/mol. The lowest BCUT2D eigenvalue weighted by atomic mass is 10.2. The molecule has 0 bridgehead atoms. The van der Waals surface area contributed by atoms with Gasteiger partial charge in [0.05, 0.1) is 0 Å². The van der Waals surface area contributed by atoms with E-state index in [0.717, 1.165) is 11.4 Å². The van der Waals surface area contributed by atoms with E-state index in [4.69, 9.17) is 30.5 Å². The molecular formula is C19H16ClN5O4. The summed E-state index contributed by atoms with van der Waals surface area (Å²) in [6.45, 7) is 2.10. The van der Waals surface area contributed by atoms with Gasteiger partial charge in [-0.2, -0.15) is 15.0 Å². The predicted molar refractivity (Wildman–Crippen MR) is 106 cm³/mol.